The molecule has 158 valence electrons. The lowest BCUT2D eigenvalue weighted by Gasteiger charge is -2.25. The van der Waals surface area contributed by atoms with Gasteiger partial charge >= 0.3 is 0 Å². The summed E-state index contributed by atoms with van der Waals surface area (Å²) in [5, 5.41) is 0.574. The molecule has 4 rings (SSSR count). The number of anilines is 1. The highest BCUT2D eigenvalue weighted by atomic mass is 35.5. The molecule has 0 aliphatic carbocycles. The maximum absolute atomic E-state index is 13.5. The number of thiazole rings is 1. The SMILES string of the molecule is CC(=O)C1=C(C)N=c2s/c(=C/c3ccccc3Cl)c(=O)n2[C@H]1c1ccc(N(C)C)cc1. The molecule has 0 bridgehead atoms. The standard InChI is InChI=1S/C24H22ClN3O2S/c1-14-21(15(2)29)22(16-9-11-18(12-10-16)27(3)4)28-23(30)20(31-24(28)26-14)13-17-7-5-6-8-19(17)25/h5-13,22H,1-4H3/b20-13+/t22-/m0/s1. The molecule has 1 aliphatic heterocycles. The second-order valence-corrected chi connectivity index (χ2v) is 9.06. The van der Waals surface area contributed by atoms with Crippen molar-refractivity contribution in [3.63, 3.8) is 0 Å². The normalized spacial score (nSPS) is 16.2. The van der Waals surface area contributed by atoms with E-state index in [4.69, 9.17) is 11.6 Å². The van der Waals surface area contributed by atoms with Crippen LogP contribution >= 0.6 is 22.9 Å². The molecule has 1 aliphatic rings. The van der Waals surface area contributed by atoms with E-state index in [-0.39, 0.29) is 11.3 Å². The Balaban J connectivity index is 1.96. The molecule has 0 amide bonds. The molecule has 2 heterocycles. The summed E-state index contributed by atoms with van der Waals surface area (Å²) in [4.78, 5) is 33.2. The number of carbonyl (C=O) groups excluding carboxylic acids is 1. The van der Waals surface area contributed by atoms with Gasteiger partial charge in [0.2, 0.25) is 0 Å². The summed E-state index contributed by atoms with van der Waals surface area (Å²) >= 11 is 7.60. The van der Waals surface area contributed by atoms with Gasteiger partial charge in [-0.2, -0.15) is 0 Å². The minimum Gasteiger partial charge on any atom is -0.378 e. The Morgan fingerprint density at radius 3 is 2.45 bits per heavy atom. The number of carbonyl (C=O) groups is 1. The maximum Gasteiger partial charge on any atom is 0.271 e. The highest BCUT2D eigenvalue weighted by Crippen LogP contribution is 2.31. The molecule has 0 unspecified atom stereocenters. The number of halogens is 1. The van der Waals surface area contributed by atoms with Crippen molar-refractivity contribution < 1.29 is 4.79 Å². The van der Waals surface area contributed by atoms with Crippen molar-refractivity contribution >= 4 is 40.5 Å². The van der Waals surface area contributed by atoms with Gasteiger partial charge in [-0.05, 0) is 49.2 Å². The molecule has 0 fully saturated rings. The quantitative estimate of drug-likeness (QED) is 0.609. The molecule has 3 aromatic rings. The summed E-state index contributed by atoms with van der Waals surface area (Å²) in [7, 11) is 3.94. The third-order valence-corrected chi connectivity index (χ3v) is 6.65. The van der Waals surface area contributed by atoms with Gasteiger partial charge in [0.25, 0.3) is 5.56 Å². The van der Waals surface area contributed by atoms with Crippen molar-refractivity contribution in [3.8, 4) is 0 Å². The van der Waals surface area contributed by atoms with Gasteiger partial charge in [-0.1, -0.05) is 53.3 Å². The predicted octanol–water partition coefficient (Wildman–Crippen LogP) is 3.54. The smallest absolute Gasteiger partial charge is 0.271 e. The predicted molar refractivity (Wildman–Crippen MR) is 127 cm³/mol. The summed E-state index contributed by atoms with van der Waals surface area (Å²) in [5.74, 6) is -0.0941. The van der Waals surface area contributed by atoms with Crippen molar-refractivity contribution in [2.24, 2.45) is 4.99 Å². The first-order valence-electron chi connectivity index (χ1n) is 9.83. The van der Waals surface area contributed by atoms with Crippen LogP contribution in [0.1, 0.15) is 31.0 Å². The summed E-state index contributed by atoms with van der Waals surface area (Å²) in [6.45, 7) is 3.35. The van der Waals surface area contributed by atoms with E-state index >= 15 is 0 Å². The highest BCUT2D eigenvalue weighted by Gasteiger charge is 2.30. The minimum atomic E-state index is -0.515. The first-order valence-corrected chi connectivity index (χ1v) is 11.0. The van der Waals surface area contributed by atoms with Gasteiger partial charge in [0.05, 0.1) is 10.6 Å². The van der Waals surface area contributed by atoms with Crippen molar-refractivity contribution in [1.82, 2.24) is 4.57 Å². The summed E-state index contributed by atoms with van der Waals surface area (Å²) in [5.41, 5.74) is 3.67. The Bertz CT molecular complexity index is 1380. The lowest BCUT2D eigenvalue weighted by Crippen LogP contribution is -2.39. The van der Waals surface area contributed by atoms with Crippen LogP contribution in [0.3, 0.4) is 0 Å². The molecule has 7 heteroatoms. The number of rotatable bonds is 4. The molecule has 0 radical (unpaired) electrons. The van der Waals surface area contributed by atoms with Gasteiger partial charge in [-0.15, -0.1) is 0 Å². The lowest BCUT2D eigenvalue weighted by molar-refractivity contribution is -0.114. The Morgan fingerprint density at radius 2 is 1.84 bits per heavy atom. The number of ketones is 1. The Hall–Kier alpha value is -2.96. The van der Waals surface area contributed by atoms with E-state index in [9.17, 15) is 9.59 Å². The number of hydrogen-bond acceptors (Lipinski definition) is 5. The van der Waals surface area contributed by atoms with Crippen LogP contribution in [-0.4, -0.2) is 24.4 Å². The molecule has 2 aromatic carbocycles. The van der Waals surface area contributed by atoms with E-state index in [2.05, 4.69) is 4.99 Å². The molecule has 0 saturated heterocycles. The van der Waals surface area contributed by atoms with E-state index in [0.717, 1.165) is 16.8 Å². The van der Waals surface area contributed by atoms with Crippen molar-refractivity contribution in [3.05, 3.63) is 95.6 Å². The molecule has 31 heavy (non-hydrogen) atoms. The fourth-order valence-corrected chi connectivity index (χ4v) is 5.00. The van der Waals surface area contributed by atoms with Gasteiger partial charge in [0.15, 0.2) is 10.6 Å². The number of aromatic nitrogens is 1. The molecular weight excluding hydrogens is 430 g/mol. The molecule has 0 spiro atoms. The third-order valence-electron chi connectivity index (χ3n) is 5.32. The zero-order valence-corrected chi connectivity index (χ0v) is 19.3. The number of benzene rings is 2. The minimum absolute atomic E-state index is 0.0941. The zero-order valence-electron chi connectivity index (χ0n) is 17.7. The second-order valence-electron chi connectivity index (χ2n) is 7.65. The topological polar surface area (TPSA) is 54.7 Å². The van der Waals surface area contributed by atoms with E-state index < -0.39 is 6.04 Å². The average Bonchev–Trinajstić information content (AvgIpc) is 3.03. The van der Waals surface area contributed by atoms with E-state index in [1.807, 2.05) is 68.4 Å². The van der Waals surface area contributed by atoms with Crippen molar-refractivity contribution in [2.45, 2.75) is 19.9 Å². The Labute approximate surface area is 189 Å². The number of nitrogens with zero attached hydrogens (tertiary/aromatic N) is 3. The monoisotopic (exact) mass is 451 g/mol. The van der Waals surface area contributed by atoms with Crippen LogP contribution in [-0.2, 0) is 4.79 Å². The van der Waals surface area contributed by atoms with E-state index in [0.29, 0.717) is 25.6 Å². The van der Waals surface area contributed by atoms with Gasteiger partial charge in [-0.25, -0.2) is 4.99 Å². The second kappa shape index (κ2) is 8.29. The summed E-state index contributed by atoms with van der Waals surface area (Å²) in [6, 6.07) is 14.8. The number of hydrogen-bond donors (Lipinski definition) is 0. The van der Waals surface area contributed by atoms with Crippen LogP contribution in [0, 0.1) is 0 Å². The van der Waals surface area contributed by atoms with Crippen LogP contribution < -0.4 is 19.8 Å². The van der Waals surface area contributed by atoms with Crippen LogP contribution in [0.2, 0.25) is 5.02 Å². The first-order chi connectivity index (χ1) is 14.8. The van der Waals surface area contributed by atoms with Crippen LogP contribution in [0.15, 0.2) is 69.6 Å². The lowest BCUT2D eigenvalue weighted by atomic mass is 9.93. The number of Topliss-reactive ketones (excluding diaryl/α,β-unsaturated/α-hetero) is 1. The summed E-state index contributed by atoms with van der Waals surface area (Å²) < 4.78 is 2.15. The first kappa shape index (κ1) is 21.3. The van der Waals surface area contributed by atoms with Crippen molar-refractivity contribution in [1.29, 1.82) is 0 Å². The van der Waals surface area contributed by atoms with Gasteiger partial charge in [-0.3, -0.25) is 14.2 Å². The van der Waals surface area contributed by atoms with Gasteiger partial charge in [0, 0.05) is 36.1 Å². The molecule has 0 N–H and O–H groups in total. The maximum atomic E-state index is 13.5. The van der Waals surface area contributed by atoms with Gasteiger partial charge in [0.1, 0.15) is 0 Å². The molecular formula is C24H22ClN3O2S. The highest BCUT2D eigenvalue weighted by molar-refractivity contribution is 7.07. The van der Waals surface area contributed by atoms with E-state index in [1.165, 1.54) is 18.3 Å². The average molecular weight is 452 g/mol. The van der Waals surface area contributed by atoms with Crippen molar-refractivity contribution in [2.75, 3.05) is 19.0 Å². The summed E-state index contributed by atoms with van der Waals surface area (Å²) in [6.07, 6.45) is 1.78. The molecule has 1 atom stereocenters. The molecule has 1 aromatic heterocycles. The van der Waals surface area contributed by atoms with Crippen LogP contribution in [0.5, 0.6) is 0 Å². The Morgan fingerprint density at radius 1 is 1.16 bits per heavy atom. The van der Waals surface area contributed by atoms with Crippen LogP contribution in [0.4, 0.5) is 5.69 Å². The number of allylic oxidation sites excluding steroid dienone is 2. The third kappa shape index (κ3) is 3.89. The zero-order chi connectivity index (χ0) is 22.3. The van der Waals surface area contributed by atoms with E-state index in [1.54, 1.807) is 16.7 Å². The largest absolute Gasteiger partial charge is 0.378 e. The molecule has 0 saturated carbocycles. The molecule has 5 nitrogen and oxygen atoms in total. The fraction of sp³-hybridized carbons (Fsp3) is 0.208. The Kier molecular flexibility index (Phi) is 5.69. The fourth-order valence-electron chi connectivity index (χ4n) is 3.77. The van der Waals surface area contributed by atoms with Crippen LogP contribution in [0.25, 0.3) is 6.08 Å². The van der Waals surface area contributed by atoms with Gasteiger partial charge < -0.3 is 4.90 Å². The number of fused-ring (bicyclic) bond motifs is 1.